The van der Waals surface area contributed by atoms with E-state index in [1.165, 1.54) is 0 Å². The molecule has 0 radical (unpaired) electrons. The molecule has 0 spiro atoms. The van der Waals surface area contributed by atoms with Crippen LogP contribution in [0.15, 0.2) is 0 Å². The van der Waals surface area contributed by atoms with Gasteiger partial charge in [-0.2, -0.15) is 0 Å². The highest BCUT2D eigenvalue weighted by molar-refractivity contribution is 5.78. The minimum atomic E-state index is -0.0955. The van der Waals surface area contributed by atoms with Crippen molar-refractivity contribution in [2.24, 2.45) is 5.73 Å². The van der Waals surface area contributed by atoms with Crippen LogP contribution in [-0.4, -0.2) is 66.4 Å². The van der Waals surface area contributed by atoms with Crippen molar-refractivity contribution >= 4 is 11.8 Å². The summed E-state index contributed by atoms with van der Waals surface area (Å²) in [6, 6.07) is 0.123. The fourth-order valence-corrected chi connectivity index (χ4v) is 2.19. The van der Waals surface area contributed by atoms with Gasteiger partial charge in [0.25, 0.3) is 0 Å². The Kier molecular flexibility index (Phi) is 6.95. The van der Waals surface area contributed by atoms with Crippen LogP contribution in [0.25, 0.3) is 0 Å². The van der Waals surface area contributed by atoms with E-state index in [-0.39, 0.29) is 23.9 Å². The summed E-state index contributed by atoms with van der Waals surface area (Å²) in [5.74, 6) is 0.179. The number of amides is 2. The lowest BCUT2D eigenvalue weighted by atomic mass is 10.2. The zero-order chi connectivity index (χ0) is 15.1. The van der Waals surface area contributed by atoms with Crippen molar-refractivity contribution in [3.63, 3.8) is 0 Å². The standard InChI is InChI=1S/C14H28N4O2/c1-4-12(3)16-13(19)10-17-5-7-18(8-6-17)14(20)9-11(2)15/h11-12H,4-10,15H2,1-3H3,(H,16,19). The van der Waals surface area contributed by atoms with E-state index in [0.29, 0.717) is 26.1 Å². The second-order valence-corrected chi connectivity index (χ2v) is 5.72. The molecule has 1 saturated heterocycles. The van der Waals surface area contributed by atoms with Crippen LogP contribution in [0.2, 0.25) is 0 Å². The van der Waals surface area contributed by atoms with Gasteiger partial charge < -0.3 is 16.0 Å². The summed E-state index contributed by atoms with van der Waals surface area (Å²) in [5.41, 5.74) is 5.64. The van der Waals surface area contributed by atoms with E-state index < -0.39 is 0 Å². The predicted molar refractivity (Wildman–Crippen MR) is 79.2 cm³/mol. The number of carbonyl (C=O) groups excluding carboxylic acids is 2. The Labute approximate surface area is 121 Å². The largest absolute Gasteiger partial charge is 0.353 e. The number of hydrogen-bond acceptors (Lipinski definition) is 4. The van der Waals surface area contributed by atoms with Crippen molar-refractivity contribution in [2.45, 2.75) is 45.7 Å². The van der Waals surface area contributed by atoms with Gasteiger partial charge in [0.1, 0.15) is 0 Å². The summed E-state index contributed by atoms with van der Waals surface area (Å²) < 4.78 is 0. The van der Waals surface area contributed by atoms with Crippen LogP contribution in [0.4, 0.5) is 0 Å². The Morgan fingerprint density at radius 1 is 1.20 bits per heavy atom. The number of nitrogens with zero attached hydrogens (tertiary/aromatic N) is 2. The molecule has 0 aromatic heterocycles. The molecule has 3 N–H and O–H groups in total. The monoisotopic (exact) mass is 284 g/mol. The average molecular weight is 284 g/mol. The summed E-state index contributed by atoms with van der Waals surface area (Å²) in [5, 5.41) is 2.96. The lowest BCUT2D eigenvalue weighted by molar-refractivity contribution is -0.133. The van der Waals surface area contributed by atoms with E-state index in [1.54, 1.807) is 0 Å². The maximum absolute atomic E-state index is 11.9. The molecule has 0 aromatic rings. The number of rotatable bonds is 6. The average Bonchev–Trinajstić information content (AvgIpc) is 2.38. The Morgan fingerprint density at radius 2 is 1.80 bits per heavy atom. The van der Waals surface area contributed by atoms with Crippen molar-refractivity contribution in [1.82, 2.24) is 15.1 Å². The number of nitrogens with two attached hydrogens (primary N) is 1. The van der Waals surface area contributed by atoms with Crippen LogP contribution in [0.5, 0.6) is 0 Å². The fourth-order valence-electron chi connectivity index (χ4n) is 2.19. The van der Waals surface area contributed by atoms with Crippen molar-refractivity contribution in [3.8, 4) is 0 Å². The Hall–Kier alpha value is -1.14. The van der Waals surface area contributed by atoms with Gasteiger partial charge in [0.15, 0.2) is 0 Å². The van der Waals surface area contributed by atoms with Gasteiger partial charge in [0.05, 0.1) is 6.54 Å². The van der Waals surface area contributed by atoms with Gasteiger partial charge in [-0.3, -0.25) is 14.5 Å². The molecule has 0 aliphatic carbocycles. The second-order valence-electron chi connectivity index (χ2n) is 5.72. The molecular weight excluding hydrogens is 256 g/mol. The molecule has 1 aliphatic heterocycles. The Balaban J connectivity index is 2.28. The van der Waals surface area contributed by atoms with Gasteiger partial charge in [-0.25, -0.2) is 0 Å². The number of nitrogens with one attached hydrogen (secondary N) is 1. The number of piperazine rings is 1. The Bertz CT molecular complexity index is 325. The molecule has 1 aliphatic rings. The predicted octanol–water partition coefficient (Wildman–Crippen LogP) is -0.217. The molecule has 0 saturated carbocycles. The first-order valence-corrected chi connectivity index (χ1v) is 7.47. The minimum absolute atomic E-state index is 0.0645. The number of hydrogen-bond donors (Lipinski definition) is 2. The summed E-state index contributed by atoms with van der Waals surface area (Å²) >= 11 is 0. The highest BCUT2D eigenvalue weighted by atomic mass is 16.2. The highest BCUT2D eigenvalue weighted by Gasteiger charge is 2.22. The molecule has 6 heteroatoms. The van der Waals surface area contributed by atoms with Crippen LogP contribution in [0, 0.1) is 0 Å². The molecule has 1 fully saturated rings. The van der Waals surface area contributed by atoms with Gasteiger partial charge in [-0.05, 0) is 20.3 Å². The lowest BCUT2D eigenvalue weighted by Gasteiger charge is -2.34. The van der Waals surface area contributed by atoms with E-state index in [1.807, 2.05) is 25.7 Å². The van der Waals surface area contributed by atoms with E-state index in [0.717, 1.165) is 19.5 Å². The molecule has 2 amide bonds. The van der Waals surface area contributed by atoms with Gasteiger partial charge >= 0.3 is 0 Å². The molecule has 6 nitrogen and oxygen atoms in total. The third-order valence-corrected chi connectivity index (χ3v) is 3.61. The molecule has 2 atom stereocenters. The fraction of sp³-hybridized carbons (Fsp3) is 0.857. The van der Waals surface area contributed by atoms with Crippen LogP contribution < -0.4 is 11.1 Å². The SMILES string of the molecule is CCC(C)NC(=O)CN1CCN(C(=O)CC(C)N)CC1. The Morgan fingerprint density at radius 3 is 2.30 bits per heavy atom. The molecule has 1 rings (SSSR count). The molecule has 20 heavy (non-hydrogen) atoms. The number of carbonyl (C=O) groups is 2. The van der Waals surface area contributed by atoms with E-state index in [9.17, 15) is 9.59 Å². The van der Waals surface area contributed by atoms with Crippen LogP contribution in [0.1, 0.15) is 33.6 Å². The van der Waals surface area contributed by atoms with E-state index in [4.69, 9.17) is 5.73 Å². The van der Waals surface area contributed by atoms with Crippen molar-refractivity contribution in [1.29, 1.82) is 0 Å². The molecule has 116 valence electrons. The molecule has 2 unspecified atom stereocenters. The van der Waals surface area contributed by atoms with Gasteiger partial charge in [-0.1, -0.05) is 6.92 Å². The van der Waals surface area contributed by atoms with Crippen LogP contribution in [-0.2, 0) is 9.59 Å². The van der Waals surface area contributed by atoms with Crippen LogP contribution in [0.3, 0.4) is 0 Å². The quantitative estimate of drug-likeness (QED) is 0.707. The molecular formula is C14H28N4O2. The summed E-state index contributed by atoms with van der Waals surface area (Å²) in [6.45, 7) is 9.17. The maximum Gasteiger partial charge on any atom is 0.234 e. The summed E-state index contributed by atoms with van der Waals surface area (Å²) in [6.07, 6.45) is 1.33. The minimum Gasteiger partial charge on any atom is -0.353 e. The third kappa shape index (κ3) is 5.88. The first-order valence-electron chi connectivity index (χ1n) is 7.47. The van der Waals surface area contributed by atoms with Crippen molar-refractivity contribution in [2.75, 3.05) is 32.7 Å². The highest BCUT2D eigenvalue weighted by Crippen LogP contribution is 2.04. The van der Waals surface area contributed by atoms with Gasteiger partial charge in [-0.15, -0.1) is 0 Å². The zero-order valence-corrected chi connectivity index (χ0v) is 12.9. The molecule has 1 heterocycles. The smallest absolute Gasteiger partial charge is 0.234 e. The van der Waals surface area contributed by atoms with Gasteiger partial charge in [0.2, 0.25) is 11.8 Å². The second kappa shape index (κ2) is 8.21. The van der Waals surface area contributed by atoms with E-state index in [2.05, 4.69) is 10.2 Å². The first-order chi connectivity index (χ1) is 9.42. The zero-order valence-electron chi connectivity index (χ0n) is 12.9. The van der Waals surface area contributed by atoms with Crippen molar-refractivity contribution in [3.05, 3.63) is 0 Å². The maximum atomic E-state index is 11.9. The summed E-state index contributed by atoms with van der Waals surface area (Å²) in [4.78, 5) is 27.6. The van der Waals surface area contributed by atoms with E-state index >= 15 is 0 Å². The summed E-state index contributed by atoms with van der Waals surface area (Å²) in [7, 11) is 0. The third-order valence-electron chi connectivity index (χ3n) is 3.61. The van der Waals surface area contributed by atoms with Gasteiger partial charge in [0, 0.05) is 44.7 Å². The molecule has 0 bridgehead atoms. The topological polar surface area (TPSA) is 78.7 Å². The van der Waals surface area contributed by atoms with Crippen molar-refractivity contribution < 1.29 is 9.59 Å². The first kappa shape index (κ1) is 16.9. The van der Waals surface area contributed by atoms with Crippen LogP contribution >= 0.6 is 0 Å². The lowest BCUT2D eigenvalue weighted by Crippen LogP contribution is -2.52. The normalized spacial score (nSPS) is 19.5. The molecule has 0 aromatic carbocycles.